The van der Waals surface area contributed by atoms with E-state index in [0.717, 1.165) is 19.3 Å². The van der Waals surface area contributed by atoms with Crippen LogP contribution >= 0.6 is 0 Å². The summed E-state index contributed by atoms with van der Waals surface area (Å²) in [7, 11) is 0. The molecule has 1 amide bonds. The Morgan fingerprint density at radius 1 is 1.41 bits per heavy atom. The fourth-order valence-corrected chi connectivity index (χ4v) is 2.10. The minimum Gasteiger partial charge on any atom is -0.480 e. The molecule has 1 fully saturated rings. The van der Waals surface area contributed by atoms with Gasteiger partial charge in [0.1, 0.15) is 6.04 Å². The number of aliphatic hydroxyl groups is 1. The molecule has 1 atom stereocenters. The smallest absolute Gasteiger partial charge is 0.326 e. The quantitative estimate of drug-likeness (QED) is 0.480. The highest BCUT2D eigenvalue weighted by atomic mass is 16.4. The molecule has 1 aliphatic carbocycles. The van der Waals surface area contributed by atoms with Crippen molar-refractivity contribution in [3.63, 3.8) is 0 Å². The minimum absolute atomic E-state index is 0.0245. The summed E-state index contributed by atoms with van der Waals surface area (Å²) in [4.78, 5) is 22.5. The molecule has 0 saturated heterocycles. The Balaban J connectivity index is 2.44. The van der Waals surface area contributed by atoms with E-state index in [4.69, 9.17) is 15.9 Å². The molecular weight excluding hydrogens is 224 g/mol. The van der Waals surface area contributed by atoms with E-state index in [0.29, 0.717) is 6.54 Å². The fourth-order valence-electron chi connectivity index (χ4n) is 2.10. The second-order valence-electron chi connectivity index (χ2n) is 4.71. The first-order valence-corrected chi connectivity index (χ1v) is 5.86. The van der Waals surface area contributed by atoms with Crippen LogP contribution in [0.15, 0.2) is 0 Å². The van der Waals surface area contributed by atoms with Crippen molar-refractivity contribution >= 4 is 11.9 Å². The molecule has 1 aliphatic rings. The highest BCUT2D eigenvalue weighted by Crippen LogP contribution is 2.42. The number of nitrogens with one attached hydrogen (secondary N) is 1. The lowest BCUT2D eigenvalue weighted by molar-refractivity contribution is -0.142. The van der Waals surface area contributed by atoms with Crippen LogP contribution in [0.2, 0.25) is 0 Å². The van der Waals surface area contributed by atoms with Crippen LogP contribution in [0.25, 0.3) is 0 Å². The summed E-state index contributed by atoms with van der Waals surface area (Å²) in [5.41, 5.74) is 5.50. The number of amides is 1. The second-order valence-corrected chi connectivity index (χ2v) is 4.71. The molecule has 1 saturated carbocycles. The summed E-state index contributed by atoms with van der Waals surface area (Å²) in [5, 5.41) is 20.0. The lowest BCUT2D eigenvalue weighted by Gasteiger charge is -2.40. The van der Waals surface area contributed by atoms with Gasteiger partial charge < -0.3 is 21.3 Å². The molecule has 0 radical (unpaired) electrons. The van der Waals surface area contributed by atoms with Crippen molar-refractivity contribution in [2.24, 2.45) is 11.1 Å². The van der Waals surface area contributed by atoms with Gasteiger partial charge in [0.05, 0.1) is 0 Å². The van der Waals surface area contributed by atoms with E-state index in [9.17, 15) is 9.59 Å². The summed E-state index contributed by atoms with van der Waals surface area (Å²) in [5.74, 6) is -1.42. The van der Waals surface area contributed by atoms with E-state index in [2.05, 4.69) is 5.32 Å². The molecule has 0 bridgehead atoms. The third-order valence-electron chi connectivity index (χ3n) is 3.43. The van der Waals surface area contributed by atoms with E-state index in [-0.39, 0.29) is 30.8 Å². The van der Waals surface area contributed by atoms with Gasteiger partial charge in [-0.25, -0.2) is 4.79 Å². The van der Waals surface area contributed by atoms with Gasteiger partial charge in [-0.05, 0) is 24.8 Å². The van der Waals surface area contributed by atoms with Gasteiger partial charge in [-0.2, -0.15) is 0 Å². The Bertz CT molecular complexity index is 284. The third-order valence-corrected chi connectivity index (χ3v) is 3.43. The maximum Gasteiger partial charge on any atom is 0.326 e. The zero-order chi connectivity index (χ0) is 12.9. The summed E-state index contributed by atoms with van der Waals surface area (Å²) >= 11 is 0. The molecular formula is C11H20N2O4. The largest absolute Gasteiger partial charge is 0.480 e. The van der Waals surface area contributed by atoms with Gasteiger partial charge in [0.25, 0.3) is 0 Å². The predicted octanol–water partition coefficient (Wildman–Crippen LogP) is -0.543. The normalized spacial score (nSPS) is 19.2. The van der Waals surface area contributed by atoms with Gasteiger partial charge in [0.2, 0.25) is 5.91 Å². The van der Waals surface area contributed by atoms with Gasteiger partial charge in [-0.3, -0.25) is 4.79 Å². The van der Waals surface area contributed by atoms with Crippen LogP contribution in [-0.2, 0) is 9.59 Å². The van der Waals surface area contributed by atoms with Crippen molar-refractivity contribution in [2.45, 2.75) is 38.1 Å². The lowest BCUT2D eigenvalue weighted by atomic mass is 9.66. The fraction of sp³-hybridized carbons (Fsp3) is 0.818. The Morgan fingerprint density at radius 2 is 2.06 bits per heavy atom. The monoisotopic (exact) mass is 244 g/mol. The van der Waals surface area contributed by atoms with Crippen LogP contribution < -0.4 is 11.1 Å². The van der Waals surface area contributed by atoms with E-state index >= 15 is 0 Å². The number of rotatable bonds is 7. The first kappa shape index (κ1) is 13.9. The first-order chi connectivity index (χ1) is 8.03. The van der Waals surface area contributed by atoms with Crippen molar-refractivity contribution in [2.75, 3.05) is 13.2 Å². The molecule has 0 aliphatic heterocycles. The molecule has 98 valence electrons. The SMILES string of the molecule is NCC1(CC(=O)NC(CCO)C(=O)O)CCC1. The average molecular weight is 244 g/mol. The van der Waals surface area contributed by atoms with Gasteiger partial charge in [0.15, 0.2) is 0 Å². The molecule has 1 unspecified atom stereocenters. The van der Waals surface area contributed by atoms with Crippen molar-refractivity contribution in [1.82, 2.24) is 5.32 Å². The standard InChI is InChI=1S/C11H20N2O4/c12-7-11(3-1-4-11)6-9(15)13-8(2-5-14)10(16)17/h8,14H,1-7,12H2,(H,13,15)(H,16,17). The van der Waals surface area contributed by atoms with Gasteiger partial charge in [-0.1, -0.05) is 6.42 Å². The molecule has 0 aromatic carbocycles. The van der Waals surface area contributed by atoms with Crippen molar-refractivity contribution in [3.8, 4) is 0 Å². The van der Waals surface area contributed by atoms with Crippen LogP contribution in [0.1, 0.15) is 32.1 Å². The van der Waals surface area contributed by atoms with Crippen LogP contribution in [0.4, 0.5) is 0 Å². The Morgan fingerprint density at radius 3 is 2.41 bits per heavy atom. The number of hydrogen-bond donors (Lipinski definition) is 4. The molecule has 6 heteroatoms. The summed E-state index contributed by atoms with van der Waals surface area (Å²) in [6, 6.07) is -1.01. The van der Waals surface area contributed by atoms with Crippen molar-refractivity contribution < 1.29 is 19.8 Å². The molecule has 17 heavy (non-hydrogen) atoms. The maximum atomic E-state index is 11.7. The molecule has 0 heterocycles. The van der Waals surface area contributed by atoms with Crippen LogP contribution in [0.3, 0.4) is 0 Å². The molecule has 0 spiro atoms. The van der Waals surface area contributed by atoms with Crippen molar-refractivity contribution in [1.29, 1.82) is 0 Å². The number of carbonyl (C=O) groups is 2. The maximum absolute atomic E-state index is 11.7. The number of aliphatic carboxylic acids is 1. The van der Waals surface area contributed by atoms with Gasteiger partial charge >= 0.3 is 5.97 Å². The Labute approximate surface area is 100 Å². The number of hydrogen-bond acceptors (Lipinski definition) is 4. The second kappa shape index (κ2) is 5.97. The molecule has 1 rings (SSSR count). The topological polar surface area (TPSA) is 113 Å². The van der Waals surface area contributed by atoms with E-state index in [1.54, 1.807) is 0 Å². The average Bonchev–Trinajstić information content (AvgIpc) is 2.22. The minimum atomic E-state index is -1.12. The number of aliphatic hydroxyl groups excluding tert-OH is 1. The van der Waals surface area contributed by atoms with Crippen LogP contribution in [0, 0.1) is 5.41 Å². The van der Waals surface area contributed by atoms with E-state index in [1.807, 2.05) is 0 Å². The molecule has 5 N–H and O–H groups in total. The van der Waals surface area contributed by atoms with Crippen molar-refractivity contribution in [3.05, 3.63) is 0 Å². The number of carboxylic acid groups (broad SMARTS) is 1. The molecule has 0 aromatic rings. The number of carbonyl (C=O) groups excluding carboxylic acids is 1. The van der Waals surface area contributed by atoms with Gasteiger partial charge in [0, 0.05) is 19.4 Å². The highest BCUT2D eigenvalue weighted by molar-refractivity contribution is 5.83. The predicted molar refractivity (Wildman–Crippen MR) is 61.2 cm³/mol. The molecule has 0 aromatic heterocycles. The Kier molecular flexibility index (Phi) is 4.89. The zero-order valence-electron chi connectivity index (χ0n) is 9.82. The first-order valence-electron chi connectivity index (χ1n) is 5.86. The zero-order valence-corrected chi connectivity index (χ0v) is 9.82. The summed E-state index contributed by atoms with van der Waals surface area (Å²) < 4.78 is 0. The van der Waals surface area contributed by atoms with Gasteiger partial charge in [-0.15, -0.1) is 0 Å². The highest BCUT2D eigenvalue weighted by Gasteiger charge is 2.38. The lowest BCUT2D eigenvalue weighted by Crippen LogP contribution is -2.46. The summed E-state index contributed by atoms with van der Waals surface area (Å²) in [6.45, 7) is 0.192. The Hall–Kier alpha value is -1.14. The molecule has 6 nitrogen and oxygen atoms in total. The number of carboxylic acids is 1. The van der Waals surface area contributed by atoms with E-state index < -0.39 is 12.0 Å². The van der Waals surface area contributed by atoms with Crippen LogP contribution in [-0.4, -0.2) is 41.3 Å². The summed E-state index contributed by atoms with van der Waals surface area (Å²) in [6.07, 6.45) is 3.22. The third kappa shape index (κ3) is 3.67. The van der Waals surface area contributed by atoms with E-state index in [1.165, 1.54) is 0 Å². The number of nitrogens with two attached hydrogens (primary N) is 1. The van der Waals surface area contributed by atoms with Crippen LogP contribution in [0.5, 0.6) is 0 Å².